The minimum absolute atomic E-state index is 0.118. The molecule has 0 radical (unpaired) electrons. The summed E-state index contributed by atoms with van der Waals surface area (Å²) in [6.07, 6.45) is 0. The molecule has 104 valence electrons. The SMILES string of the molecule is COc1cc(Br)cc(C)c1NC(=O)N1CCOCC1. The minimum Gasteiger partial charge on any atom is -0.495 e. The third kappa shape index (κ3) is 3.39. The number of morpholine rings is 1. The lowest BCUT2D eigenvalue weighted by molar-refractivity contribution is 0.0564. The highest BCUT2D eigenvalue weighted by Crippen LogP contribution is 2.32. The fourth-order valence-electron chi connectivity index (χ4n) is 1.99. The van der Waals surface area contributed by atoms with Gasteiger partial charge in [-0.1, -0.05) is 15.9 Å². The molecule has 1 saturated heterocycles. The van der Waals surface area contributed by atoms with Crippen LogP contribution in [0.1, 0.15) is 5.56 Å². The summed E-state index contributed by atoms with van der Waals surface area (Å²) in [5.41, 5.74) is 1.66. The van der Waals surface area contributed by atoms with E-state index in [0.29, 0.717) is 37.7 Å². The van der Waals surface area contributed by atoms with Crippen molar-refractivity contribution >= 4 is 27.6 Å². The van der Waals surface area contributed by atoms with Crippen molar-refractivity contribution in [3.05, 3.63) is 22.2 Å². The molecule has 0 aromatic heterocycles. The average molecular weight is 329 g/mol. The molecular weight excluding hydrogens is 312 g/mol. The van der Waals surface area contributed by atoms with Crippen LogP contribution in [0.2, 0.25) is 0 Å². The molecule has 5 nitrogen and oxygen atoms in total. The molecule has 1 aromatic carbocycles. The standard InChI is InChI=1S/C13H17BrN2O3/c1-9-7-10(14)8-11(18-2)12(9)15-13(17)16-3-5-19-6-4-16/h7-8H,3-6H2,1-2H3,(H,15,17). The highest BCUT2D eigenvalue weighted by molar-refractivity contribution is 9.10. The van der Waals surface area contributed by atoms with Crippen molar-refractivity contribution in [1.82, 2.24) is 4.90 Å². The predicted octanol–water partition coefficient (Wildman–Crippen LogP) is 2.63. The van der Waals surface area contributed by atoms with E-state index in [1.54, 1.807) is 12.0 Å². The molecule has 0 spiro atoms. The molecule has 0 saturated carbocycles. The number of nitrogens with one attached hydrogen (secondary N) is 1. The zero-order valence-corrected chi connectivity index (χ0v) is 12.6. The van der Waals surface area contributed by atoms with E-state index < -0.39 is 0 Å². The fraction of sp³-hybridized carbons (Fsp3) is 0.462. The quantitative estimate of drug-likeness (QED) is 0.907. The van der Waals surface area contributed by atoms with Crippen molar-refractivity contribution in [2.75, 3.05) is 38.7 Å². The van der Waals surface area contributed by atoms with E-state index in [4.69, 9.17) is 9.47 Å². The summed E-state index contributed by atoms with van der Waals surface area (Å²) in [4.78, 5) is 13.9. The van der Waals surface area contributed by atoms with Crippen LogP contribution in [0.5, 0.6) is 5.75 Å². The van der Waals surface area contributed by atoms with Gasteiger partial charge in [-0.15, -0.1) is 0 Å². The van der Waals surface area contributed by atoms with Crippen molar-refractivity contribution < 1.29 is 14.3 Å². The topological polar surface area (TPSA) is 50.8 Å². The highest BCUT2D eigenvalue weighted by atomic mass is 79.9. The first-order chi connectivity index (χ1) is 9.11. The number of carbonyl (C=O) groups is 1. The molecule has 2 rings (SSSR count). The summed E-state index contributed by atoms with van der Waals surface area (Å²) in [6, 6.07) is 3.66. The van der Waals surface area contributed by atoms with Gasteiger partial charge in [0.05, 0.1) is 26.0 Å². The van der Waals surface area contributed by atoms with Crippen LogP contribution in [-0.4, -0.2) is 44.3 Å². The Balaban J connectivity index is 2.15. The van der Waals surface area contributed by atoms with Gasteiger partial charge in [0.15, 0.2) is 0 Å². The van der Waals surface area contributed by atoms with Gasteiger partial charge in [-0.25, -0.2) is 4.79 Å². The van der Waals surface area contributed by atoms with E-state index in [9.17, 15) is 4.79 Å². The third-order valence-corrected chi connectivity index (χ3v) is 3.47. The number of rotatable bonds is 2. The Morgan fingerprint density at radius 3 is 2.74 bits per heavy atom. The molecule has 1 aliphatic heterocycles. The van der Waals surface area contributed by atoms with Gasteiger partial charge < -0.3 is 19.7 Å². The van der Waals surface area contributed by atoms with Crippen LogP contribution < -0.4 is 10.1 Å². The lowest BCUT2D eigenvalue weighted by Gasteiger charge is -2.27. The molecule has 1 heterocycles. The number of benzene rings is 1. The van der Waals surface area contributed by atoms with Gasteiger partial charge in [-0.2, -0.15) is 0 Å². The number of urea groups is 1. The molecule has 6 heteroatoms. The second-order valence-electron chi connectivity index (χ2n) is 4.33. The monoisotopic (exact) mass is 328 g/mol. The number of aryl methyl sites for hydroxylation is 1. The molecule has 1 aliphatic rings. The van der Waals surface area contributed by atoms with Gasteiger partial charge in [0, 0.05) is 17.6 Å². The summed E-state index contributed by atoms with van der Waals surface area (Å²) in [5.74, 6) is 0.647. The van der Waals surface area contributed by atoms with Crippen LogP contribution in [0.3, 0.4) is 0 Å². The number of hydrogen-bond donors (Lipinski definition) is 1. The minimum atomic E-state index is -0.118. The van der Waals surface area contributed by atoms with E-state index in [2.05, 4.69) is 21.2 Å². The molecule has 19 heavy (non-hydrogen) atoms. The predicted molar refractivity (Wildman–Crippen MR) is 76.8 cm³/mol. The number of carbonyl (C=O) groups excluding carboxylic acids is 1. The molecule has 0 unspecified atom stereocenters. The smallest absolute Gasteiger partial charge is 0.322 e. The van der Waals surface area contributed by atoms with Crippen LogP contribution >= 0.6 is 15.9 Å². The number of halogens is 1. The maximum atomic E-state index is 12.2. The van der Waals surface area contributed by atoms with E-state index in [1.807, 2.05) is 19.1 Å². The van der Waals surface area contributed by atoms with Crippen LogP contribution in [0, 0.1) is 6.92 Å². The average Bonchev–Trinajstić information content (AvgIpc) is 2.42. The zero-order chi connectivity index (χ0) is 13.8. The van der Waals surface area contributed by atoms with E-state index in [1.165, 1.54) is 0 Å². The Morgan fingerprint density at radius 2 is 2.11 bits per heavy atom. The van der Waals surface area contributed by atoms with Crippen molar-refractivity contribution in [3.63, 3.8) is 0 Å². The maximum Gasteiger partial charge on any atom is 0.322 e. The summed E-state index contributed by atoms with van der Waals surface area (Å²) in [5, 5.41) is 2.91. The van der Waals surface area contributed by atoms with E-state index in [0.717, 1.165) is 10.0 Å². The second-order valence-corrected chi connectivity index (χ2v) is 5.25. The van der Waals surface area contributed by atoms with Crippen molar-refractivity contribution in [2.45, 2.75) is 6.92 Å². The Bertz CT molecular complexity index is 473. The van der Waals surface area contributed by atoms with Gasteiger partial charge in [0.1, 0.15) is 5.75 Å². The Hall–Kier alpha value is -1.27. The van der Waals surface area contributed by atoms with Crippen molar-refractivity contribution in [3.8, 4) is 5.75 Å². The number of ether oxygens (including phenoxy) is 2. The summed E-state index contributed by atoms with van der Waals surface area (Å²) >= 11 is 3.41. The molecule has 0 atom stereocenters. The van der Waals surface area contributed by atoms with Crippen molar-refractivity contribution in [2.24, 2.45) is 0 Å². The summed E-state index contributed by atoms with van der Waals surface area (Å²) < 4.78 is 11.5. The molecule has 0 aliphatic carbocycles. The second kappa shape index (κ2) is 6.25. The molecule has 1 aromatic rings. The highest BCUT2D eigenvalue weighted by Gasteiger charge is 2.19. The first kappa shape index (κ1) is 14.1. The third-order valence-electron chi connectivity index (χ3n) is 3.01. The van der Waals surface area contributed by atoms with Crippen molar-refractivity contribution in [1.29, 1.82) is 0 Å². The van der Waals surface area contributed by atoms with Crippen LogP contribution in [0.4, 0.5) is 10.5 Å². The number of nitrogens with zero attached hydrogens (tertiary/aromatic N) is 1. The normalized spacial score (nSPS) is 15.2. The lowest BCUT2D eigenvalue weighted by Crippen LogP contribution is -2.43. The molecule has 2 amide bonds. The van der Waals surface area contributed by atoms with E-state index >= 15 is 0 Å². The Kier molecular flexibility index (Phi) is 4.66. The molecule has 1 fully saturated rings. The Morgan fingerprint density at radius 1 is 1.42 bits per heavy atom. The molecular formula is C13H17BrN2O3. The number of methoxy groups -OCH3 is 1. The summed E-state index contributed by atoms with van der Waals surface area (Å²) in [6.45, 7) is 4.34. The Labute approximate surface area is 121 Å². The maximum absolute atomic E-state index is 12.2. The number of hydrogen-bond acceptors (Lipinski definition) is 3. The first-order valence-electron chi connectivity index (χ1n) is 6.09. The number of amides is 2. The first-order valence-corrected chi connectivity index (χ1v) is 6.89. The number of anilines is 1. The molecule has 1 N–H and O–H groups in total. The van der Waals surface area contributed by atoms with Crippen LogP contribution in [0.25, 0.3) is 0 Å². The van der Waals surface area contributed by atoms with Gasteiger partial charge >= 0.3 is 6.03 Å². The van der Waals surface area contributed by atoms with Gasteiger partial charge in [0.25, 0.3) is 0 Å². The van der Waals surface area contributed by atoms with E-state index in [-0.39, 0.29) is 6.03 Å². The summed E-state index contributed by atoms with van der Waals surface area (Å²) in [7, 11) is 1.59. The molecule has 0 bridgehead atoms. The van der Waals surface area contributed by atoms with Gasteiger partial charge in [-0.3, -0.25) is 0 Å². The van der Waals surface area contributed by atoms with Crippen LogP contribution in [-0.2, 0) is 4.74 Å². The van der Waals surface area contributed by atoms with Crippen LogP contribution in [0.15, 0.2) is 16.6 Å². The van der Waals surface area contributed by atoms with Gasteiger partial charge in [-0.05, 0) is 24.6 Å². The largest absolute Gasteiger partial charge is 0.495 e. The van der Waals surface area contributed by atoms with Gasteiger partial charge in [0.2, 0.25) is 0 Å². The lowest BCUT2D eigenvalue weighted by atomic mass is 10.2. The fourth-order valence-corrected chi connectivity index (χ4v) is 2.54. The zero-order valence-electron chi connectivity index (χ0n) is 11.0.